The maximum Gasteiger partial charge on any atom is 0.416 e. The lowest BCUT2D eigenvalue weighted by Crippen LogP contribution is -2.37. The van der Waals surface area contributed by atoms with Crippen LogP contribution in [0.1, 0.15) is 0 Å². The number of thiol groups is 1. The summed E-state index contributed by atoms with van der Waals surface area (Å²) >= 11 is 5.89. The molecule has 2 aromatic heterocycles. The normalized spacial score (nSPS) is 19.7. The zero-order chi connectivity index (χ0) is 25.2. The van der Waals surface area contributed by atoms with Crippen LogP contribution < -0.4 is 30.5 Å². The van der Waals surface area contributed by atoms with Crippen molar-refractivity contribution in [1.29, 1.82) is 0 Å². The molecule has 15 heteroatoms. The second-order valence-electron chi connectivity index (χ2n) is 8.20. The number of anilines is 4. The molecule has 0 radical (unpaired) electrons. The van der Waals surface area contributed by atoms with Gasteiger partial charge in [-0.15, -0.1) is 0 Å². The Balaban J connectivity index is 1.08. The van der Waals surface area contributed by atoms with Gasteiger partial charge in [0.1, 0.15) is 17.7 Å². The fourth-order valence-electron chi connectivity index (χ4n) is 3.78. The van der Waals surface area contributed by atoms with E-state index in [0.29, 0.717) is 48.1 Å². The number of ether oxygens (including phenoxy) is 2. The number of aromatic nitrogens is 3. The lowest BCUT2D eigenvalue weighted by Gasteiger charge is -2.25. The molecule has 36 heavy (non-hydrogen) atoms. The van der Waals surface area contributed by atoms with Crippen LogP contribution in [0.3, 0.4) is 0 Å². The SMILES string of the molecule is CN1C(=O)CNc2ccc(OCCNC[C@@H](S)C3CN(c4cnc5c(n4)NC(=O)CS5)C(=O)O3)nc21. The highest BCUT2D eigenvalue weighted by atomic mass is 32.2. The first kappa shape index (κ1) is 24.4. The molecule has 5 rings (SSSR count). The van der Waals surface area contributed by atoms with Gasteiger partial charge >= 0.3 is 6.09 Å². The summed E-state index contributed by atoms with van der Waals surface area (Å²) in [5.74, 6) is 1.67. The van der Waals surface area contributed by atoms with Gasteiger partial charge in [0.15, 0.2) is 17.5 Å². The van der Waals surface area contributed by atoms with E-state index in [1.807, 2.05) is 6.07 Å². The van der Waals surface area contributed by atoms with Crippen molar-refractivity contribution in [2.75, 3.05) is 66.0 Å². The van der Waals surface area contributed by atoms with Crippen LogP contribution in [-0.4, -0.2) is 89.8 Å². The maximum absolute atomic E-state index is 12.4. The number of hydrogen-bond donors (Lipinski definition) is 4. The molecule has 13 nitrogen and oxygen atoms in total. The Bertz CT molecular complexity index is 1200. The van der Waals surface area contributed by atoms with Gasteiger partial charge in [-0.2, -0.15) is 17.6 Å². The predicted molar refractivity (Wildman–Crippen MR) is 136 cm³/mol. The van der Waals surface area contributed by atoms with Gasteiger partial charge in [-0.1, -0.05) is 11.8 Å². The Morgan fingerprint density at radius 3 is 3.06 bits per heavy atom. The van der Waals surface area contributed by atoms with Gasteiger partial charge in [0.05, 0.1) is 36.0 Å². The number of pyridine rings is 1. The zero-order valence-corrected chi connectivity index (χ0v) is 21.0. The Labute approximate surface area is 216 Å². The van der Waals surface area contributed by atoms with Crippen LogP contribution in [0.5, 0.6) is 5.88 Å². The molecule has 0 aromatic carbocycles. The van der Waals surface area contributed by atoms with E-state index in [1.165, 1.54) is 27.8 Å². The molecular weight excluding hydrogens is 508 g/mol. The second-order valence-corrected chi connectivity index (χ2v) is 9.83. The number of hydrogen-bond acceptors (Lipinski definition) is 12. The third-order valence-electron chi connectivity index (χ3n) is 5.72. The number of amides is 3. The summed E-state index contributed by atoms with van der Waals surface area (Å²) in [4.78, 5) is 51.8. The van der Waals surface area contributed by atoms with Crippen molar-refractivity contribution in [2.45, 2.75) is 16.4 Å². The number of carbonyl (C=O) groups is 3. The molecule has 2 atom stereocenters. The number of likely N-dealkylation sites (N-methyl/N-ethyl adjacent to an activating group) is 1. The first-order valence-corrected chi connectivity index (χ1v) is 12.7. The fraction of sp³-hybridized carbons (Fsp3) is 0.429. The summed E-state index contributed by atoms with van der Waals surface area (Å²) in [6.45, 7) is 1.84. The van der Waals surface area contributed by atoms with E-state index in [0.717, 1.165) is 5.69 Å². The average molecular weight is 533 g/mol. The first-order valence-electron chi connectivity index (χ1n) is 11.2. The van der Waals surface area contributed by atoms with Crippen molar-refractivity contribution in [3.8, 4) is 5.88 Å². The molecule has 5 heterocycles. The first-order chi connectivity index (χ1) is 17.4. The summed E-state index contributed by atoms with van der Waals surface area (Å²) in [5.41, 5.74) is 0.783. The van der Waals surface area contributed by atoms with Crippen LogP contribution in [-0.2, 0) is 14.3 Å². The molecular formula is C21H24N8O5S2. The van der Waals surface area contributed by atoms with Crippen molar-refractivity contribution in [2.24, 2.45) is 0 Å². The topological polar surface area (TPSA) is 151 Å². The summed E-state index contributed by atoms with van der Waals surface area (Å²) in [5, 5.41) is 9.27. The van der Waals surface area contributed by atoms with E-state index >= 15 is 0 Å². The average Bonchev–Trinajstić information content (AvgIpc) is 3.27. The van der Waals surface area contributed by atoms with Gasteiger partial charge in [0.2, 0.25) is 17.7 Å². The minimum atomic E-state index is -0.539. The minimum Gasteiger partial charge on any atom is -0.476 e. The molecule has 0 saturated carbocycles. The molecule has 3 N–H and O–H groups in total. The molecule has 190 valence electrons. The number of thioether (sulfide) groups is 1. The zero-order valence-electron chi connectivity index (χ0n) is 19.3. The molecule has 0 aliphatic carbocycles. The van der Waals surface area contributed by atoms with Crippen LogP contribution in [0.4, 0.5) is 27.9 Å². The molecule has 0 spiro atoms. The predicted octanol–water partition coefficient (Wildman–Crippen LogP) is 0.596. The number of nitrogens with one attached hydrogen (secondary N) is 3. The van der Waals surface area contributed by atoms with E-state index < -0.39 is 12.2 Å². The lowest BCUT2D eigenvalue weighted by molar-refractivity contribution is -0.117. The van der Waals surface area contributed by atoms with Gasteiger partial charge in [0.25, 0.3) is 0 Å². The van der Waals surface area contributed by atoms with Crippen molar-refractivity contribution < 1.29 is 23.9 Å². The van der Waals surface area contributed by atoms with E-state index in [9.17, 15) is 14.4 Å². The van der Waals surface area contributed by atoms with Crippen molar-refractivity contribution in [3.63, 3.8) is 0 Å². The Morgan fingerprint density at radius 1 is 1.33 bits per heavy atom. The van der Waals surface area contributed by atoms with Gasteiger partial charge in [0, 0.05) is 26.2 Å². The van der Waals surface area contributed by atoms with Gasteiger partial charge < -0.3 is 25.4 Å². The number of carbonyl (C=O) groups excluding carboxylic acids is 3. The standard InChI is InChI=1S/C21H24N8O5S2/c1-28-17(31)8-23-11-2-3-16(27-19(11)28)33-5-4-22-6-13(35)12-9-29(21(32)34-12)14-7-24-20-18(25-14)26-15(30)10-36-20/h2-3,7,12-13,22-23,35H,4-6,8-10H2,1H3,(H,25,26,30)/t12?,13-/m1/s1. The van der Waals surface area contributed by atoms with Crippen LogP contribution >= 0.6 is 24.4 Å². The number of cyclic esters (lactones) is 1. The van der Waals surface area contributed by atoms with E-state index in [-0.39, 0.29) is 35.9 Å². The number of fused-ring (bicyclic) bond motifs is 2. The molecule has 3 amide bonds. The monoisotopic (exact) mass is 532 g/mol. The van der Waals surface area contributed by atoms with Crippen LogP contribution in [0.25, 0.3) is 0 Å². The quantitative estimate of drug-likeness (QED) is 0.279. The molecule has 1 saturated heterocycles. The second kappa shape index (κ2) is 10.4. The number of nitrogens with zero attached hydrogens (tertiary/aromatic N) is 5. The van der Waals surface area contributed by atoms with Crippen molar-refractivity contribution >= 4 is 65.4 Å². The van der Waals surface area contributed by atoms with Gasteiger partial charge in [-0.25, -0.2) is 14.8 Å². The summed E-state index contributed by atoms with van der Waals surface area (Å²) < 4.78 is 11.2. The number of rotatable bonds is 8. The largest absolute Gasteiger partial charge is 0.476 e. The molecule has 2 aromatic rings. The maximum atomic E-state index is 12.4. The molecule has 1 fully saturated rings. The summed E-state index contributed by atoms with van der Waals surface area (Å²) in [6, 6.07) is 3.58. The third kappa shape index (κ3) is 5.12. The van der Waals surface area contributed by atoms with E-state index in [1.54, 1.807) is 13.1 Å². The molecule has 1 unspecified atom stereocenters. The molecule has 0 bridgehead atoms. The lowest BCUT2D eigenvalue weighted by atomic mass is 10.2. The minimum absolute atomic E-state index is 0.0655. The highest BCUT2D eigenvalue weighted by Crippen LogP contribution is 2.31. The Hall–Kier alpha value is -3.30. The highest BCUT2D eigenvalue weighted by Gasteiger charge is 2.37. The Morgan fingerprint density at radius 2 is 2.19 bits per heavy atom. The van der Waals surface area contributed by atoms with Crippen LogP contribution in [0, 0.1) is 0 Å². The van der Waals surface area contributed by atoms with E-state index in [2.05, 4.69) is 43.5 Å². The third-order valence-corrected chi connectivity index (χ3v) is 7.21. The molecule has 3 aliphatic rings. The van der Waals surface area contributed by atoms with E-state index in [4.69, 9.17) is 9.47 Å². The molecule has 3 aliphatic heterocycles. The van der Waals surface area contributed by atoms with Crippen molar-refractivity contribution in [1.82, 2.24) is 20.3 Å². The van der Waals surface area contributed by atoms with Gasteiger partial charge in [-0.3, -0.25) is 19.4 Å². The van der Waals surface area contributed by atoms with Gasteiger partial charge in [-0.05, 0) is 6.07 Å². The van der Waals surface area contributed by atoms with Crippen molar-refractivity contribution in [3.05, 3.63) is 18.3 Å². The summed E-state index contributed by atoms with van der Waals surface area (Å²) in [6.07, 6.45) is 0.496. The van der Waals surface area contributed by atoms with Crippen LogP contribution in [0.15, 0.2) is 23.4 Å². The highest BCUT2D eigenvalue weighted by molar-refractivity contribution is 8.00. The smallest absolute Gasteiger partial charge is 0.416 e. The Kier molecular flexibility index (Phi) is 7.02. The van der Waals surface area contributed by atoms with Crippen LogP contribution in [0.2, 0.25) is 0 Å². The fourth-order valence-corrected chi connectivity index (χ4v) is 4.77. The summed E-state index contributed by atoms with van der Waals surface area (Å²) in [7, 11) is 1.68.